The van der Waals surface area contributed by atoms with Gasteiger partial charge in [-0.05, 0) is 16.7 Å². The maximum Gasteiger partial charge on any atom is 0.336 e. The topological polar surface area (TPSA) is 57.1 Å². The molecule has 0 saturated carbocycles. The maximum absolute atomic E-state index is 6.89. The third kappa shape index (κ3) is 5.46. The number of hydrogen-bond acceptors (Lipinski definition) is 5. The third-order valence-electron chi connectivity index (χ3n) is 6.25. The van der Waals surface area contributed by atoms with Crippen molar-refractivity contribution in [1.29, 1.82) is 0 Å². The van der Waals surface area contributed by atoms with Crippen molar-refractivity contribution < 1.29 is 9.47 Å². The first-order chi connectivity index (χ1) is 18.8. The van der Waals surface area contributed by atoms with Crippen LogP contribution in [-0.2, 0) is 10.3 Å². The Bertz CT molecular complexity index is 1370. The molecule has 0 bridgehead atoms. The molecule has 38 heavy (non-hydrogen) atoms. The van der Waals surface area contributed by atoms with Crippen LogP contribution >= 0.6 is 0 Å². The minimum atomic E-state index is -0.884. The molecule has 0 fully saturated rings. The van der Waals surface area contributed by atoms with Crippen LogP contribution in [0.3, 0.4) is 0 Å². The lowest BCUT2D eigenvalue weighted by Crippen LogP contribution is -2.37. The van der Waals surface area contributed by atoms with Gasteiger partial charge in [0.15, 0.2) is 0 Å². The number of hydrogen-bond donors (Lipinski definition) is 0. The average molecular weight is 498 g/mol. The lowest BCUT2D eigenvalue weighted by atomic mass is 9.80. The first-order valence-corrected chi connectivity index (χ1v) is 12.5. The summed E-state index contributed by atoms with van der Waals surface area (Å²) < 4.78 is 13.1. The summed E-state index contributed by atoms with van der Waals surface area (Å²) in [6.45, 7) is 0.196. The molecule has 186 valence electrons. The van der Waals surface area contributed by atoms with Gasteiger partial charge < -0.3 is 9.47 Å². The van der Waals surface area contributed by atoms with Crippen molar-refractivity contribution >= 4 is 0 Å². The number of benzene rings is 4. The Morgan fingerprint density at radius 3 is 1.71 bits per heavy atom. The van der Waals surface area contributed by atoms with Crippen LogP contribution in [0.1, 0.15) is 23.1 Å². The van der Waals surface area contributed by atoms with Gasteiger partial charge in [-0.2, -0.15) is 10.1 Å². The van der Waals surface area contributed by atoms with Gasteiger partial charge >= 0.3 is 6.01 Å². The summed E-state index contributed by atoms with van der Waals surface area (Å²) in [4.78, 5) is 4.56. The van der Waals surface area contributed by atoms with E-state index in [1.807, 2.05) is 84.9 Å². The standard InChI is InChI=1S/C33H27N3O2/c1-2-15-30(38-32-35-31(24-34-36-32)26-16-7-3-8-17-26)25-37-33(27-18-9-4-10-19-27,28-20-11-5-12-21-28)29-22-13-6-14-23-29/h1,3-14,16-24,30H,15,25H2. The fourth-order valence-corrected chi connectivity index (χ4v) is 4.49. The molecule has 1 heterocycles. The Morgan fingerprint density at radius 2 is 1.21 bits per heavy atom. The molecule has 0 aliphatic rings. The Balaban J connectivity index is 1.49. The highest BCUT2D eigenvalue weighted by Gasteiger charge is 2.38. The Kier molecular flexibility index (Phi) is 7.83. The molecular weight excluding hydrogens is 470 g/mol. The zero-order valence-corrected chi connectivity index (χ0v) is 20.9. The van der Waals surface area contributed by atoms with Crippen LogP contribution in [0.2, 0.25) is 0 Å². The second kappa shape index (κ2) is 12.0. The normalized spacial score (nSPS) is 11.9. The van der Waals surface area contributed by atoms with E-state index in [9.17, 15) is 0 Å². The SMILES string of the molecule is C#CCC(COC(c1ccccc1)(c1ccccc1)c1ccccc1)Oc1nncc(-c2ccccc2)n1. The summed E-state index contributed by atoms with van der Waals surface area (Å²) in [5.41, 5.74) is 3.71. The van der Waals surface area contributed by atoms with Gasteiger partial charge in [-0.15, -0.1) is 12.3 Å². The summed E-state index contributed by atoms with van der Waals surface area (Å²) in [6.07, 6.45) is 7.16. The van der Waals surface area contributed by atoms with Crippen LogP contribution in [0, 0.1) is 12.3 Å². The number of aromatic nitrogens is 3. The Hall–Kier alpha value is -4.79. The van der Waals surface area contributed by atoms with Gasteiger partial charge in [0, 0.05) is 12.0 Å². The van der Waals surface area contributed by atoms with Crippen molar-refractivity contribution in [2.45, 2.75) is 18.1 Å². The molecular formula is C33H27N3O2. The smallest absolute Gasteiger partial charge is 0.336 e. The summed E-state index contributed by atoms with van der Waals surface area (Å²) in [7, 11) is 0. The van der Waals surface area contributed by atoms with Gasteiger partial charge in [0.1, 0.15) is 11.7 Å². The predicted molar refractivity (Wildman–Crippen MR) is 148 cm³/mol. The van der Waals surface area contributed by atoms with E-state index >= 15 is 0 Å². The van der Waals surface area contributed by atoms with E-state index in [0.29, 0.717) is 12.1 Å². The van der Waals surface area contributed by atoms with E-state index in [-0.39, 0.29) is 12.6 Å². The second-order valence-corrected chi connectivity index (χ2v) is 8.73. The highest BCUT2D eigenvalue weighted by atomic mass is 16.6. The Labute approximate surface area is 223 Å². The molecule has 0 aliphatic heterocycles. The third-order valence-corrected chi connectivity index (χ3v) is 6.25. The summed E-state index contributed by atoms with van der Waals surface area (Å²) in [5.74, 6) is 2.71. The van der Waals surface area contributed by atoms with Crippen molar-refractivity contribution in [2.24, 2.45) is 0 Å². The molecule has 0 saturated heterocycles. The highest BCUT2D eigenvalue weighted by Crippen LogP contribution is 2.40. The van der Waals surface area contributed by atoms with Crippen molar-refractivity contribution in [1.82, 2.24) is 15.2 Å². The number of ether oxygens (including phenoxy) is 2. The molecule has 0 amide bonds. The van der Waals surface area contributed by atoms with E-state index in [2.05, 4.69) is 57.5 Å². The number of terminal acetylenes is 1. The van der Waals surface area contributed by atoms with Crippen LogP contribution in [0.4, 0.5) is 0 Å². The second-order valence-electron chi connectivity index (χ2n) is 8.73. The zero-order valence-electron chi connectivity index (χ0n) is 20.9. The fourth-order valence-electron chi connectivity index (χ4n) is 4.49. The van der Waals surface area contributed by atoms with Crippen LogP contribution in [0.5, 0.6) is 6.01 Å². The Morgan fingerprint density at radius 1 is 0.711 bits per heavy atom. The van der Waals surface area contributed by atoms with Gasteiger partial charge in [-0.25, -0.2) is 0 Å². The zero-order chi connectivity index (χ0) is 26.0. The molecule has 5 aromatic rings. The van der Waals surface area contributed by atoms with E-state index < -0.39 is 11.7 Å². The molecule has 0 N–H and O–H groups in total. The molecule has 5 heteroatoms. The van der Waals surface area contributed by atoms with Gasteiger partial charge in [-0.3, -0.25) is 0 Å². The lowest BCUT2D eigenvalue weighted by Gasteiger charge is -2.36. The van der Waals surface area contributed by atoms with Gasteiger partial charge in [0.05, 0.1) is 18.5 Å². The van der Waals surface area contributed by atoms with E-state index in [1.54, 1.807) is 6.20 Å². The fraction of sp³-hybridized carbons (Fsp3) is 0.121. The monoisotopic (exact) mass is 497 g/mol. The van der Waals surface area contributed by atoms with Gasteiger partial charge in [-0.1, -0.05) is 126 Å². The molecule has 1 aromatic heterocycles. The summed E-state index contributed by atoms with van der Waals surface area (Å²) >= 11 is 0. The van der Waals surface area contributed by atoms with E-state index in [0.717, 1.165) is 22.3 Å². The number of rotatable bonds is 10. The van der Waals surface area contributed by atoms with Crippen molar-refractivity contribution in [3.05, 3.63) is 144 Å². The van der Waals surface area contributed by atoms with Gasteiger partial charge in [0.25, 0.3) is 0 Å². The molecule has 5 nitrogen and oxygen atoms in total. The van der Waals surface area contributed by atoms with Gasteiger partial charge in [0.2, 0.25) is 0 Å². The quantitative estimate of drug-likeness (QED) is 0.167. The minimum absolute atomic E-state index is 0.153. The van der Waals surface area contributed by atoms with Crippen molar-refractivity contribution in [2.75, 3.05) is 6.61 Å². The first-order valence-electron chi connectivity index (χ1n) is 12.5. The maximum atomic E-state index is 6.89. The van der Waals surface area contributed by atoms with Crippen LogP contribution in [0.25, 0.3) is 11.3 Å². The number of nitrogens with zero attached hydrogens (tertiary/aromatic N) is 3. The molecule has 5 rings (SSSR count). The molecule has 1 unspecified atom stereocenters. The summed E-state index contributed by atoms with van der Waals surface area (Å²) in [5, 5.41) is 8.19. The minimum Gasteiger partial charge on any atom is -0.456 e. The largest absolute Gasteiger partial charge is 0.456 e. The van der Waals surface area contributed by atoms with Crippen LogP contribution < -0.4 is 4.74 Å². The van der Waals surface area contributed by atoms with Crippen LogP contribution in [-0.4, -0.2) is 27.9 Å². The van der Waals surface area contributed by atoms with E-state index in [1.165, 1.54) is 0 Å². The average Bonchev–Trinajstić information content (AvgIpc) is 3.00. The highest BCUT2D eigenvalue weighted by molar-refractivity contribution is 5.57. The predicted octanol–water partition coefficient (Wildman–Crippen LogP) is 6.32. The molecule has 0 aliphatic carbocycles. The van der Waals surface area contributed by atoms with Crippen molar-refractivity contribution in [3.8, 4) is 29.6 Å². The molecule has 0 radical (unpaired) electrons. The molecule has 4 aromatic carbocycles. The van der Waals surface area contributed by atoms with E-state index in [4.69, 9.17) is 15.9 Å². The van der Waals surface area contributed by atoms with Crippen LogP contribution in [0.15, 0.2) is 128 Å². The summed E-state index contributed by atoms with van der Waals surface area (Å²) in [6, 6.07) is 40.5. The van der Waals surface area contributed by atoms with Crippen molar-refractivity contribution in [3.63, 3.8) is 0 Å². The first kappa shape index (κ1) is 24.9. The molecule has 1 atom stereocenters. The molecule has 0 spiro atoms. The lowest BCUT2D eigenvalue weighted by molar-refractivity contribution is -0.0312.